The first-order chi connectivity index (χ1) is 10.2. The van der Waals surface area contributed by atoms with E-state index in [9.17, 15) is 0 Å². The highest BCUT2D eigenvalue weighted by Gasteiger charge is 2.01. The monoisotopic (exact) mass is 304 g/mol. The largest absolute Gasteiger partial charge is 0.494 e. The third kappa shape index (κ3) is 4.75. The van der Waals surface area contributed by atoms with E-state index in [-0.39, 0.29) is 0 Å². The molecule has 0 bridgehead atoms. The van der Waals surface area contributed by atoms with Crippen molar-refractivity contribution in [3.8, 4) is 5.75 Å². The second-order valence-electron chi connectivity index (χ2n) is 4.43. The van der Waals surface area contributed by atoms with Crippen LogP contribution in [-0.4, -0.2) is 21.5 Å². The summed E-state index contributed by atoms with van der Waals surface area (Å²) < 4.78 is 7.29. The van der Waals surface area contributed by atoms with Crippen molar-refractivity contribution in [3.05, 3.63) is 42.2 Å². The van der Waals surface area contributed by atoms with Crippen LogP contribution < -0.4 is 15.4 Å². The Balaban J connectivity index is 1.81. The van der Waals surface area contributed by atoms with Crippen LogP contribution in [0.1, 0.15) is 19.5 Å². The van der Waals surface area contributed by atoms with Gasteiger partial charge in [0.25, 0.3) is 0 Å². The predicted octanol–water partition coefficient (Wildman–Crippen LogP) is 2.79. The molecule has 0 radical (unpaired) electrons. The van der Waals surface area contributed by atoms with Gasteiger partial charge in [-0.1, -0.05) is 0 Å². The standard InChI is InChI=1S/C15H20N4OS/c1-3-19-10-9-13(18-19)11-16-15(21)17-12-5-7-14(8-6-12)20-4-2/h5-10H,3-4,11H2,1-2H3,(H2,16,17,21). The van der Waals surface area contributed by atoms with E-state index < -0.39 is 0 Å². The summed E-state index contributed by atoms with van der Waals surface area (Å²) in [6.45, 7) is 6.16. The van der Waals surface area contributed by atoms with Gasteiger partial charge in [0.05, 0.1) is 18.8 Å². The van der Waals surface area contributed by atoms with E-state index in [1.54, 1.807) is 0 Å². The molecule has 0 unspecified atom stereocenters. The number of nitrogens with zero attached hydrogens (tertiary/aromatic N) is 2. The fraction of sp³-hybridized carbons (Fsp3) is 0.333. The number of hydrogen-bond acceptors (Lipinski definition) is 3. The second-order valence-corrected chi connectivity index (χ2v) is 4.84. The molecule has 6 heteroatoms. The Morgan fingerprint density at radius 3 is 2.62 bits per heavy atom. The van der Waals surface area contributed by atoms with Gasteiger partial charge in [-0.05, 0) is 56.4 Å². The molecule has 2 rings (SSSR count). The number of ether oxygens (including phenoxy) is 1. The van der Waals surface area contributed by atoms with Crippen LogP contribution in [0.2, 0.25) is 0 Å². The van der Waals surface area contributed by atoms with E-state index in [1.807, 2.05) is 48.1 Å². The zero-order valence-electron chi connectivity index (χ0n) is 12.3. The Morgan fingerprint density at radius 2 is 2.00 bits per heavy atom. The summed E-state index contributed by atoms with van der Waals surface area (Å²) >= 11 is 5.27. The van der Waals surface area contributed by atoms with Gasteiger partial charge in [0.15, 0.2) is 5.11 Å². The summed E-state index contributed by atoms with van der Waals surface area (Å²) in [5.41, 5.74) is 1.89. The minimum Gasteiger partial charge on any atom is -0.494 e. The Hall–Kier alpha value is -2.08. The van der Waals surface area contributed by atoms with Gasteiger partial charge in [0.2, 0.25) is 0 Å². The summed E-state index contributed by atoms with van der Waals surface area (Å²) in [5.74, 6) is 0.854. The second kappa shape index (κ2) is 7.64. The summed E-state index contributed by atoms with van der Waals surface area (Å²) in [5, 5.41) is 11.2. The Morgan fingerprint density at radius 1 is 1.24 bits per heavy atom. The van der Waals surface area contributed by atoms with Gasteiger partial charge in [-0.2, -0.15) is 5.10 Å². The van der Waals surface area contributed by atoms with Gasteiger partial charge in [0, 0.05) is 18.4 Å². The van der Waals surface area contributed by atoms with Gasteiger partial charge >= 0.3 is 0 Å². The lowest BCUT2D eigenvalue weighted by atomic mass is 10.3. The minimum atomic E-state index is 0.574. The first-order valence-corrected chi connectivity index (χ1v) is 7.42. The molecule has 21 heavy (non-hydrogen) atoms. The maximum absolute atomic E-state index is 5.40. The van der Waals surface area contributed by atoms with Gasteiger partial charge in [0.1, 0.15) is 5.75 Å². The third-order valence-corrected chi connectivity index (χ3v) is 3.12. The highest BCUT2D eigenvalue weighted by atomic mass is 32.1. The summed E-state index contributed by atoms with van der Waals surface area (Å²) in [4.78, 5) is 0. The van der Waals surface area contributed by atoms with Gasteiger partial charge in [-0.3, -0.25) is 4.68 Å². The van der Waals surface area contributed by atoms with Gasteiger partial charge < -0.3 is 15.4 Å². The zero-order valence-corrected chi connectivity index (χ0v) is 13.1. The normalized spacial score (nSPS) is 10.2. The van der Waals surface area contributed by atoms with Crippen molar-refractivity contribution in [1.82, 2.24) is 15.1 Å². The van der Waals surface area contributed by atoms with E-state index >= 15 is 0 Å². The van der Waals surface area contributed by atoms with Crippen molar-refractivity contribution in [1.29, 1.82) is 0 Å². The fourth-order valence-electron chi connectivity index (χ4n) is 1.82. The predicted molar refractivity (Wildman–Crippen MR) is 88.6 cm³/mol. The van der Waals surface area contributed by atoms with Crippen molar-refractivity contribution < 1.29 is 4.74 Å². The average Bonchev–Trinajstić information content (AvgIpc) is 2.96. The van der Waals surface area contributed by atoms with Gasteiger partial charge in [-0.25, -0.2) is 0 Å². The molecule has 1 aromatic heterocycles. The molecule has 0 aliphatic carbocycles. The van der Waals surface area contributed by atoms with E-state index in [0.29, 0.717) is 18.3 Å². The molecule has 0 saturated heterocycles. The number of thiocarbonyl (C=S) groups is 1. The number of aromatic nitrogens is 2. The van der Waals surface area contributed by atoms with Crippen molar-refractivity contribution in [3.63, 3.8) is 0 Å². The number of nitrogens with one attached hydrogen (secondary N) is 2. The number of benzene rings is 1. The minimum absolute atomic E-state index is 0.574. The lowest BCUT2D eigenvalue weighted by Gasteiger charge is -2.10. The van der Waals surface area contributed by atoms with Crippen LogP contribution in [0.5, 0.6) is 5.75 Å². The maximum Gasteiger partial charge on any atom is 0.171 e. The first kappa shape index (κ1) is 15.3. The summed E-state index contributed by atoms with van der Waals surface area (Å²) in [6, 6.07) is 9.68. The Kier molecular flexibility index (Phi) is 5.57. The topological polar surface area (TPSA) is 51.1 Å². The SMILES string of the molecule is CCOc1ccc(NC(=S)NCc2ccn(CC)n2)cc1. The third-order valence-electron chi connectivity index (χ3n) is 2.87. The number of aryl methyl sites for hydroxylation is 1. The zero-order chi connectivity index (χ0) is 15.1. The maximum atomic E-state index is 5.40. The van der Waals surface area contributed by atoms with E-state index in [2.05, 4.69) is 22.7 Å². The molecule has 0 spiro atoms. The number of rotatable bonds is 6. The van der Waals surface area contributed by atoms with Crippen molar-refractivity contribution >= 4 is 23.0 Å². The summed E-state index contributed by atoms with van der Waals surface area (Å²) in [7, 11) is 0. The fourth-order valence-corrected chi connectivity index (χ4v) is 2.01. The molecule has 2 N–H and O–H groups in total. The van der Waals surface area contributed by atoms with E-state index in [1.165, 1.54) is 0 Å². The van der Waals surface area contributed by atoms with Crippen molar-refractivity contribution in [2.45, 2.75) is 26.9 Å². The highest BCUT2D eigenvalue weighted by Crippen LogP contribution is 2.15. The van der Waals surface area contributed by atoms with Crippen LogP contribution in [-0.2, 0) is 13.1 Å². The average molecular weight is 304 g/mol. The van der Waals surface area contributed by atoms with E-state index in [0.717, 1.165) is 23.7 Å². The molecule has 0 aliphatic rings. The molecular weight excluding hydrogens is 284 g/mol. The number of anilines is 1. The smallest absolute Gasteiger partial charge is 0.171 e. The number of hydrogen-bond donors (Lipinski definition) is 2. The molecule has 1 heterocycles. The first-order valence-electron chi connectivity index (χ1n) is 7.01. The van der Waals surface area contributed by atoms with Crippen LogP contribution in [0.25, 0.3) is 0 Å². The molecule has 2 aromatic rings. The Labute approximate surface area is 130 Å². The van der Waals surface area contributed by atoms with Crippen LogP contribution in [0.15, 0.2) is 36.5 Å². The molecule has 112 valence electrons. The van der Waals surface area contributed by atoms with Crippen LogP contribution in [0, 0.1) is 0 Å². The lowest BCUT2D eigenvalue weighted by molar-refractivity contribution is 0.340. The molecular formula is C15H20N4OS. The van der Waals surface area contributed by atoms with Gasteiger partial charge in [-0.15, -0.1) is 0 Å². The van der Waals surface area contributed by atoms with E-state index in [4.69, 9.17) is 17.0 Å². The molecule has 0 atom stereocenters. The molecule has 0 amide bonds. The Bertz CT molecular complexity index is 580. The summed E-state index contributed by atoms with van der Waals surface area (Å²) in [6.07, 6.45) is 1.96. The molecule has 5 nitrogen and oxygen atoms in total. The molecule has 0 saturated carbocycles. The van der Waals surface area contributed by atoms with Crippen molar-refractivity contribution in [2.24, 2.45) is 0 Å². The molecule has 0 fully saturated rings. The van der Waals surface area contributed by atoms with Crippen LogP contribution >= 0.6 is 12.2 Å². The van der Waals surface area contributed by atoms with Crippen molar-refractivity contribution in [2.75, 3.05) is 11.9 Å². The molecule has 1 aromatic carbocycles. The highest BCUT2D eigenvalue weighted by molar-refractivity contribution is 7.80. The quantitative estimate of drug-likeness (QED) is 0.804. The lowest BCUT2D eigenvalue weighted by Crippen LogP contribution is -2.28. The molecule has 0 aliphatic heterocycles. The van der Waals surface area contributed by atoms with Crippen LogP contribution in [0.4, 0.5) is 5.69 Å². The van der Waals surface area contributed by atoms with Crippen LogP contribution in [0.3, 0.4) is 0 Å².